The quantitative estimate of drug-likeness (QED) is 0.273. The number of hydrogen-bond donors (Lipinski definition) is 3. The van der Waals surface area contributed by atoms with Crippen LogP contribution in [0.2, 0.25) is 0 Å². The molecule has 9 rings (SSSR count). The van der Waals surface area contributed by atoms with Crippen molar-refractivity contribution in [2.75, 3.05) is 74.1 Å². The Morgan fingerprint density at radius 1 is 0.927 bits per heavy atom. The second-order valence-electron chi connectivity index (χ2n) is 16.1. The first-order chi connectivity index (χ1) is 26.6. The average molecular weight is 748 g/mol. The molecule has 6 aliphatic heterocycles. The van der Waals surface area contributed by atoms with Crippen LogP contribution in [-0.4, -0.2) is 114 Å². The van der Waals surface area contributed by atoms with Crippen molar-refractivity contribution in [3.63, 3.8) is 0 Å². The Morgan fingerprint density at radius 2 is 1.71 bits per heavy atom. The summed E-state index contributed by atoms with van der Waals surface area (Å²) < 4.78 is 5.46. The molecule has 55 heavy (non-hydrogen) atoms. The van der Waals surface area contributed by atoms with Crippen LogP contribution in [0.15, 0.2) is 48.7 Å². The molecule has 0 aliphatic carbocycles. The Morgan fingerprint density at radius 3 is 2.42 bits per heavy atom. The summed E-state index contributed by atoms with van der Waals surface area (Å²) in [5, 5.41) is 5.55. The van der Waals surface area contributed by atoms with Crippen molar-refractivity contribution in [1.29, 1.82) is 0 Å². The number of imide groups is 2. The van der Waals surface area contributed by atoms with Gasteiger partial charge < -0.3 is 30.5 Å². The van der Waals surface area contributed by atoms with Crippen LogP contribution in [0.25, 0.3) is 0 Å². The molecule has 5 amide bonds. The first kappa shape index (κ1) is 35.3. The van der Waals surface area contributed by atoms with Crippen LogP contribution in [0.3, 0.4) is 0 Å². The lowest BCUT2D eigenvalue weighted by molar-refractivity contribution is -0.136. The molecule has 0 bridgehead atoms. The van der Waals surface area contributed by atoms with Crippen molar-refractivity contribution in [2.45, 2.75) is 50.5 Å². The fourth-order valence-electron chi connectivity index (χ4n) is 9.22. The minimum Gasteiger partial charge on any atom is -0.380 e. The van der Waals surface area contributed by atoms with Gasteiger partial charge in [0.05, 0.1) is 30.5 Å². The molecule has 5 fully saturated rings. The number of amides is 5. The van der Waals surface area contributed by atoms with E-state index in [0.29, 0.717) is 28.8 Å². The predicted molar refractivity (Wildman–Crippen MR) is 202 cm³/mol. The van der Waals surface area contributed by atoms with Crippen LogP contribution < -0.4 is 26.2 Å². The summed E-state index contributed by atoms with van der Waals surface area (Å²) in [5.41, 5.74) is 9.60. The fourth-order valence-corrected chi connectivity index (χ4v) is 9.22. The standard InChI is InChI=1S/C40H45N9O6/c41-35(51)34-36(44-32(18-42-34)48-16-12-40(21-48)22-55-23-40)43-27-3-1-25(2-4-27)26-10-13-46(14-11-26)19-24-9-15-47(20-24)28-5-6-29-30(17-28)39(54)49(38(29)53)31-7-8-33(50)45-37(31)52/h1-6,17-18,24,26,31H,7-16,19-23H2,(H2,41,51)(H,43,44)(H,45,50,52)/t24-,31?/m1/s1. The zero-order valence-electron chi connectivity index (χ0n) is 30.7. The Balaban J connectivity index is 0.772. The van der Waals surface area contributed by atoms with Crippen molar-refractivity contribution >= 4 is 52.5 Å². The van der Waals surface area contributed by atoms with E-state index in [2.05, 4.69) is 42.5 Å². The van der Waals surface area contributed by atoms with E-state index in [0.717, 1.165) is 107 Å². The molecule has 3 aromatic rings. The van der Waals surface area contributed by atoms with E-state index in [4.69, 9.17) is 15.5 Å². The third-order valence-corrected chi connectivity index (χ3v) is 12.4. The average Bonchev–Trinajstić information content (AvgIpc) is 3.90. The molecule has 0 radical (unpaired) electrons. The first-order valence-corrected chi connectivity index (χ1v) is 19.3. The number of carbonyl (C=O) groups is 5. The maximum atomic E-state index is 13.3. The van der Waals surface area contributed by atoms with Gasteiger partial charge in [-0.05, 0) is 92.9 Å². The van der Waals surface area contributed by atoms with Gasteiger partial charge in [0, 0.05) is 55.9 Å². The maximum absolute atomic E-state index is 13.3. The SMILES string of the molecule is NC(=O)c1ncc(N2CCC3(COC3)C2)nc1Nc1ccc(C2CCN(C[C@H]3CCN(c4ccc5c(c4)C(=O)N(C4CCC(=O)NC4=O)C5=O)C3)CC2)cc1. The van der Waals surface area contributed by atoms with Gasteiger partial charge in [0.1, 0.15) is 11.9 Å². The molecule has 2 aromatic carbocycles. The van der Waals surface area contributed by atoms with Gasteiger partial charge in [0.2, 0.25) is 11.8 Å². The van der Waals surface area contributed by atoms with Gasteiger partial charge in [-0.25, -0.2) is 9.97 Å². The van der Waals surface area contributed by atoms with Gasteiger partial charge in [0.25, 0.3) is 17.7 Å². The lowest BCUT2D eigenvalue weighted by Gasteiger charge is -2.37. The van der Waals surface area contributed by atoms with E-state index in [-0.39, 0.29) is 29.9 Å². The molecule has 2 atom stereocenters. The monoisotopic (exact) mass is 747 g/mol. The van der Waals surface area contributed by atoms with Gasteiger partial charge in [-0.2, -0.15) is 0 Å². The molecular weight excluding hydrogens is 702 g/mol. The molecule has 0 saturated carbocycles. The Hall–Kier alpha value is -5.41. The lowest BCUT2D eigenvalue weighted by atomic mass is 9.85. The first-order valence-electron chi connectivity index (χ1n) is 19.3. The van der Waals surface area contributed by atoms with Gasteiger partial charge in [-0.3, -0.25) is 34.2 Å². The van der Waals surface area contributed by atoms with Gasteiger partial charge in [-0.1, -0.05) is 12.1 Å². The third-order valence-electron chi connectivity index (χ3n) is 12.4. The van der Waals surface area contributed by atoms with E-state index < -0.39 is 29.7 Å². The molecule has 15 heteroatoms. The van der Waals surface area contributed by atoms with E-state index in [1.54, 1.807) is 18.3 Å². The van der Waals surface area contributed by atoms with Crippen LogP contribution in [0.4, 0.5) is 23.0 Å². The maximum Gasteiger partial charge on any atom is 0.271 e. The highest BCUT2D eigenvalue weighted by Crippen LogP contribution is 2.39. The zero-order valence-corrected chi connectivity index (χ0v) is 30.7. The van der Waals surface area contributed by atoms with Crippen LogP contribution in [0.1, 0.15) is 81.2 Å². The predicted octanol–water partition coefficient (Wildman–Crippen LogP) is 2.65. The Bertz CT molecular complexity index is 2060. The lowest BCUT2D eigenvalue weighted by Crippen LogP contribution is -2.54. The summed E-state index contributed by atoms with van der Waals surface area (Å²) in [4.78, 5) is 80.0. The zero-order chi connectivity index (χ0) is 37.8. The summed E-state index contributed by atoms with van der Waals surface area (Å²) in [6.45, 7) is 8.05. The molecule has 6 aliphatic rings. The van der Waals surface area contributed by atoms with Crippen molar-refractivity contribution in [3.05, 3.63) is 71.0 Å². The second kappa shape index (κ2) is 14.0. The van der Waals surface area contributed by atoms with E-state index in [1.165, 1.54) is 5.56 Å². The number of nitrogens with one attached hydrogen (secondary N) is 2. The van der Waals surface area contributed by atoms with Crippen molar-refractivity contribution in [2.24, 2.45) is 17.1 Å². The van der Waals surface area contributed by atoms with E-state index in [1.807, 2.05) is 18.2 Å². The van der Waals surface area contributed by atoms with Crippen molar-refractivity contribution in [1.82, 2.24) is 25.1 Å². The summed E-state index contributed by atoms with van der Waals surface area (Å²) in [5.74, 6) is -0.557. The number of likely N-dealkylation sites (tertiary alicyclic amines) is 1. The number of fused-ring (bicyclic) bond motifs is 1. The highest BCUT2D eigenvalue weighted by atomic mass is 16.5. The van der Waals surface area contributed by atoms with Crippen LogP contribution in [0, 0.1) is 11.3 Å². The van der Waals surface area contributed by atoms with E-state index in [9.17, 15) is 24.0 Å². The molecule has 4 N–H and O–H groups in total. The summed E-state index contributed by atoms with van der Waals surface area (Å²) in [6, 6.07) is 12.8. The molecule has 286 valence electrons. The number of aromatic nitrogens is 2. The van der Waals surface area contributed by atoms with Gasteiger partial charge in [0.15, 0.2) is 11.5 Å². The smallest absolute Gasteiger partial charge is 0.271 e. The molecule has 1 spiro atoms. The number of primary amides is 1. The third kappa shape index (κ3) is 6.69. The summed E-state index contributed by atoms with van der Waals surface area (Å²) >= 11 is 0. The van der Waals surface area contributed by atoms with E-state index >= 15 is 0 Å². The number of hydrogen-bond acceptors (Lipinski definition) is 12. The van der Waals surface area contributed by atoms with Crippen LogP contribution in [0.5, 0.6) is 0 Å². The van der Waals surface area contributed by atoms with Crippen molar-refractivity contribution < 1.29 is 28.7 Å². The largest absolute Gasteiger partial charge is 0.380 e. The number of benzene rings is 2. The summed E-state index contributed by atoms with van der Waals surface area (Å²) in [7, 11) is 0. The minimum absolute atomic E-state index is 0.0947. The second-order valence-corrected chi connectivity index (χ2v) is 16.1. The topological polar surface area (TPSA) is 183 Å². The molecule has 5 saturated heterocycles. The normalized spacial score (nSPS) is 24.0. The van der Waals surface area contributed by atoms with Gasteiger partial charge >= 0.3 is 0 Å². The highest BCUT2D eigenvalue weighted by Gasteiger charge is 2.46. The molecule has 1 unspecified atom stereocenters. The minimum atomic E-state index is -0.969. The fraction of sp³-hybridized carbons (Fsp3) is 0.475. The number of nitrogens with zero attached hydrogens (tertiary/aromatic N) is 6. The molecule has 15 nitrogen and oxygen atoms in total. The van der Waals surface area contributed by atoms with Crippen molar-refractivity contribution in [3.8, 4) is 0 Å². The molecule has 1 aromatic heterocycles. The number of piperidine rings is 2. The van der Waals surface area contributed by atoms with Crippen LogP contribution in [-0.2, 0) is 14.3 Å². The Labute approximate surface area is 318 Å². The highest BCUT2D eigenvalue weighted by molar-refractivity contribution is 6.23. The number of ether oxygens (including phenoxy) is 1. The molecular formula is C40H45N9O6. The number of anilines is 4. The molecule has 7 heterocycles. The Kier molecular flexibility index (Phi) is 9.00. The summed E-state index contributed by atoms with van der Waals surface area (Å²) in [6.07, 6.45) is 6.09. The van der Waals surface area contributed by atoms with Crippen LogP contribution >= 0.6 is 0 Å². The number of nitrogens with two attached hydrogens (primary N) is 1. The number of rotatable bonds is 9. The van der Waals surface area contributed by atoms with Gasteiger partial charge in [-0.15, -0.1) is 0 Å². The number of carbonyl (C=O) groups excluding carboxylic acids is 5.